The molecule has 7 nitrogen and oxygen atoms in total. The Morgan fingerprint density at radius 1 is 1.32 bits per heavy atom. The zero-order valence-electron chi connectivity index (χ0n) is 13.8. The van der Waals surface area contributed by atoms with Crippen molar-refractivity contribution in [2.45, 2.75) is 33.2 Å². The summed E-state index contributed by atoms with van der Waals surface area (Å²) in [6, 6.07) is 1.90. The van der Waals surface area contributed by atoms with Crippen LogP contribution in [0.3, 0.4) is 0 Å². The second-order valence-electron chi connectivity index (χ2n) is 6.29. The molecule has 0 radical (unpaired) electrons. The number of rotatable bonds is 3. The molecule has 1 aromatic rings. The van der Waals surface area contributed by atoms with E-state index in [0.717, 1.165) is 18.9 Å². The minimum atomic E-state index is -0.236. The summed E-state index contributed by atoms with van der Waals surface area (Å²) >= 11 is 0. The molecule has 0 aromatic carbocycles. The number of nitrogens with zero attached hydrogens (tertiary/aromatic N) is 4. The molecule has 0 aliphatic carbocycles. The monoisotopic (exact) mass is 307 g/mol. The van der Waals surface area contributed by atoms with Crippen molar-refractivity contribution in [2.75, 3.05) is 43.0 Å². The van der Waals surface area contributed by atoms with Gasteiger partial charge in [0.25, 0.3) is 0 Å². The van der Waals surface area contributed by atoms with Crippen LogP contribution in [-0.2, 0) is 4.74 Å². The third kappa shape index (κ3) is 4.47. The molecule has 7 heteroatoms. The predicted molar refractivity (Wildman–Crippen MR) is 86.2 cm³/mol. The summed E-state index contributed by atoms with van der Waals surface area (Å²) in [6.45, 7) is 11.2. The largest absolute Gasteiger partial charge is 0.450 e. The fourth-order valence-electron chi connectivity index (χ4n) is 2.25. The van der Waals surface area contributed by atoms with E-state index in [9.17, 15) is 4.79 Å². The highest BCUT2D eigenvalue weighted by Crippen LogP contribution is 2.17. The van der Waals surface area contributed by atoms with Gasteiger partial charge in [-0.15, -0.1) is 0 Å². The van der Waals surface area contributed by atoms with E-state index in [1.807, 2.05) is 13.0 Å². The van der Waals surface area contributed by atoms with Crippen LogP contribution in [0.15, 0.2) is 12.3 Å². The summed E-state index contributed by atoms with van der Waals surface area (Å²) in [5.74, 6) is 1.50. The number of amides is 1. The number of carbonyl (C=O) groups excluding carboxylic acids is 1. The molecule has 1 amide bonds. The molecule has 1 aliphatic rings. The number of piperazine rings is 1. The van der Waals surface area contributed by atoms with Crippen molar-refractivity contribution in [3.05, 3.63) is 12.3 Å². The van der Waals surface area contributed by atoms with Crippen LogP contribution in [0.4, 0.5) is 16.6 Å². The first kappa shape index (κ1) is 16.3. The lowest BCUT2D eigenvalue weighted by atomic mass is 10.1. The van der Waals surface area contributed by atoms with Gasteiger partial charge in [-0.05, 0) is 33.8 Å². The summed E-state index contributed by atoms with van der Waals surface area (Å²) < 4.78 is 5.03. The van der Waals surface area contributed by atoms with E-state index >= 15 is 0 Å². The Balaban J connectivity index is 1.96. The number of hydrogen-bond acceptors (Lipinski definition) is 6. The number of carbonyl (C=O) groups is 1. The second kappa shape index (κ2) is 6.81. The fourth-order valence-corrected chi connectivity index (χ4v) is 2.25. The summed E-state index contributed by atoms with van der Waals surface area (Å²) in [5, 5.41) is 3.27. The lowest BCUT2D eigenvalue weighted by molar-refractivity contribution is 0.105. The average molecular weight is 307 g/mol. The summed E-state index contributed by atoms with van der Waals surface area (Å²) in [7, 11) is 0. The van der Waals surface area contributed by atoms with Gasteiger partial charge in [-0.25, -0.2) is 9.78 Å². The first-order valence-electron chi connectivity index (χ1n) is 7.67. The van der Waals surface area contributed by atoms with Gasteiger partial charge in [0.2, 0.25) is 5.95 Å². The highest BCUT2D eigenvalue weighted by atomic mass is 16.6. The molecular formula is C15H25N5O2. The van der Waals surface area contributed by atoms with Gasteiger partial charge < -0.3 is 19.9 Å². The fraction of sp³-hybridized carbons (Fsp3) is 0.667. The molecule has 1 N–H and O–H groups in total. The van der Waals surface area contributed by atoms with Crippen molar-refractivity contribution in [2.24, 2.45) is 0 Å². The van der Waals surface area contributed by atoms with E-state index in [2.05, 4.69) is 41.0 Å². The lowest BCUT2D eigenvalue weighted by Gasteiger charge is -2.34. The highest BCUT2D eigenvalue weighted by Gasteiger charge is 2.23. The maximum atomic E-state index is 11.7. The molecule has 1 fully saturated rings. The van der Waals surface area contributed by atoms with Gasteiger partial charge in [-0.3, -0.25) is 0 Å². The van der Waals surface area contributed by atoms with Gasteiger partial charge in [0.15, 0.2) is 0 Å². The molecule has 1 saturated heterocycles. The van der Waals surface area contributed by atoms with Crippen LogP contribution >= 0.6 is 0 Å². The van der Waals surface area contributed by atoms with Crippen LogP contribution in [0.2, 0.25) is 0 Å². The molecule has 0 unspecified atom stereocenters. The SMILES string of the molecule is CCOC(=O)N1CCN(c2ccnc(NC(C)(C)C)n2)CC1. The minimum absolute atomic E-state index is 0.0821. The standard InChI is InChI=1S/C15H25N5O2/c1-5-22-14(21)20-10-8-19(9-11-20)12-6-7-16-13(17-12)18-15(2,3)4/h6-7H,5,8-11H2,1-4H3,(H,16,17,18). The quantitative estimate of drug-likeness (QED) is 0.920. The topological polar surface area (TPSA) is 70.6 Å². The molecule has 22 heavy (non-hydrogen) atoms. The van der Waals surface area contributed by atoms with Gasteiger partial charge in [-0.2, -0.15) is 4.98 Å². The van der Waals surface area contributed by atoms with Crippen molar-refractivity contribution in [3.63, 3.8) is 0 Å². The highest BCUT2D eigenvalue weighted by molar-refractivity contribution is 5.68. The van der Waals surface area contributed by atoms with E-state index in [0.29, 0.717) is 25.6 Å². The van der Waals surface area contributed by atoms with Crippen molar-refractivity contribution in [3.8, 4) is 0 Å². The zero-order valence-corrected chi connectivity index (χ0v) is 13.8. The Labute approximate surface area is 131 Å². The Morgan fingerprint density at radius 2 is 2.00 bits per heavy atom. The smallest absolute Gasteiger partial charge is 0.409 e. The number of nitrogens with one attached hydrogen (secondary N) is 1. The first-order chi connectivity index (χ1) is 10.4. The van der Waals surface area contributed by atoms with E-state index in [4.69, 9.17) is 4.74 Å². The first-order valence-corrected chi connectivity index (χ1v) is 7.67. The molecule has 0 bridgehead atoms. The molecular weight excluding hydrogens is 282 g/mol. The lowest BCUT2D eigenvalue weighted by Crippen LogP contribution is -2.49. The van der Waals surface area contributed by atoms with Crippen molar-refractivity contribution < 1.29 is 9.53 Å². The Hall–Kier alpha value is -2.05. The van der Waals surface area contributed by atoms with E-state index in [-0.39, 0.29) is 11.6 Å². The summed E-state index contributed by atoms with van der Waals surface area (Å²) in [6.07, 6.45) is 1.52. The van der Waals surface area contributed by atoms with Crippen LogP contribution in [-0.4, -0.2) is 59.3 Å². The van der Waals surface area contributed by atoms with Gasteiger partial charge in [0, 0.05) is 37.9 Å². The Bertz CT molecular complexity index is 507. The Morgan fingerprint density at radius 3 is 2.59 bits per heavy atom. The molecule has 1 aliphatic heterocycles. The van der Waals surface area contributed by atoms with E-state index in [1.165, 1.54) is 0 Å². The third-order valence-corrected chi connectivity index (χ3v) is 3.26. The van der Waals surface area contributed by atoms with Gasteiger partial charge >= 0.3 is 6.09 Å². The number of ether oxygens (including phenoxy) is 1. The average Bonchev–Trinajstić information content (AvgIpc) is 2.46. The second-order valence-corrected chi connectivity index (χ2v) is 6.29. The summed E-state index contributed by atoms with van der Waals surface area (Å²) in [4.78, 5) is 24.4. The zero-order chi connectivity index (χ0) is 16.2. The van der Waals surface area contributed by atoms with Gasteiger partial charge in [-0.1, -0.05) is 0 Å². The molecule has 2 heterocycles. The van der Waals surface area contributed by atoms with Crippen molar-refractivity contribution in [1.82, 2.24) is 14.9 Å². The Kier molecular flexibility index (Phi) is 5.05. The van der Waals surface area contributed by atoms with Crippen LogP contribution in [0, 0.1) is 0 Å². The third-order valence-electron chi connectivity index (χ3n) is 3.26. The van der Waals surface area contributed by atoms with Crippen LogP contribution < -0.4 is 10.2 Å². The maximum absolute atomic E-state index is 11.7. The molecule has 2 rings (SSSR count). The predicted octanol–water partition coefficient (Wildman–Crippen LogP) is 1.97. The number of hydrogen-bond donors (Lipinski definition) is 1. The molecule has 1 aromatic heterocycles. The molecule has 0 atom stereocenters. The van der Waals surface area contributed by atoms with E-state index in [1.54, 1.807) is 11.1 Å². The summed E-state index contributed by atoms with van der Waals surface area (Å²) in [5.41, 5.74) is -0.0821. The minimum Gasteiger partial charge on any atom is -0.450 e. The maximum Gasteiger partial charge on any atom is 0.409 e. The molecule has 0 saturated carbocycles. The van der Waals surface area contributed by atoms with Crippen molar-refractivity contribution >= 4 is 17.9 Å². The van der Waals surface area contributed by atoms with Gasteiger partial charge in [0.1, 0.15) is 5.82 Å². The van der Waals surface area contributed by atoms with Gasteiger partial charge in [0.05, 0.1) is 6.61 Å². The number of aromatic nitrogens is 2. The van der Waals surface area contributed by atoms with Crippen LogP contribution in [0.1, 0.15) is 27.7 Å². The van der Waals surface area contributed by atoms with Crippen LogP contribution in [0.25, 0.3) is 0 Å². The normalized spacial score (nSPS) is 15.6. The molecule has 122 valence electrons. The van der Waals surface area contributed by atoms with Crippen molar-refractivity contribution in [1.29, 1.82) is 0 Å². The van der Waals surface area contributed by atoms with E-state index < -0.39 is 0 Å². The molecule has 0 spiro atoms. The number of anilines is 2. The van der Waals surface area contributed by atoms with Crippen LogP contribution in [0.5, 0.6) is 0 Å².